The number of nitrogens with two attached hydrogens (primary N) is 1. The van der Waals surface area contributed by atoms with Crippen molar-refractivity contribution in [1.82, 2.24) is 0 Å². The Hall–Kier alpha value is -1.09. The molecule has 3 heteroatoms. The molecule has 0 saturated heterocycles. The van der Waals surface area contributed by atoms with E-state index in [2.05, 4.69) is 47.3 Å². The van der Waals surface area contributed by atoms with Crippen molar-refractivity contribution in [3.8, 4) is 0 Å². The largest absolute Gasteiger partial charge is 0.512 e. The summed E-state index contributed by atoms with van der Waals surface area (Å²) in [5, 5.41) is 10.7. The van der Waals surface area contributed by atoms with Gasteiger partial charge < -0.3 is 15.6 Å². The lowest BCUT2D eigenvalue weighted by Crippen LogP contribution is -2.73. The Kier molecular flexibility index (Phi) is 4.78. The Morgan fingerprint density at radius 3 is 2.44 bits per heavy atom. The third-order valence-corrected chi connectivity index (χ3v) is 12.4. The first-order chi connectivity index (χ1) is 14.9. The molecule has 0 aromatic heterocycles. The molecule has 3 N–H and O–H groups in total. The maximum absolute atomic E-state index is 12.5. The molecule has 4 saturated carbocycles. The van der Waals surface area contributed by atoms with E-state index in [0.29, 0.717) is 35.3 Å². The molecule has 0 aliphatic heterocycles. The summed E-state index contributed by atoms with van der Waals surface area (Å²) in [6.45, 7) is 16.0. The van der Waals surface area contributed by atoms with E-state index in [0.717, 1.165) is 51.4 Å². The van der Waals surface area contributed by atoms with Gasteiger partial charge in [0.2, 0.25) is 0 Å². The molecule has 0 amide bonds. The molecule has 0 radical (unpaired) electrons. The van der Waals surface area contributed by atoms with Crippen molar-refractivity contribution in [1.29, 1.82) is 0 Å². The zero-order chi connectivity index (χ0) is 23.3. The lowest BCUT2D eigenvalue weighted by atomic mass is 9.34. The zero-order valence-corrected chi connectivity index (χ0v) is 21.0. The van der Waals surface area contributed by atoms with Crippen LogP contribution in [0.25, 0.3) is 0 Å². The highest BCUT2D eigenvalue weighted by Crippen LogP contribution is 2.73. The number of hydrogen-bond donors (Lipinski definition) is 2. The second kappa shape index (κ2) is 6.74. The van der Waals surface area contributed by atoms with Crippen molar-refractivity contribution >= 4 is 6.29 Å². The lowest BCUT2D eigenvalue weighted by Gasteiger charge is -2.71. The van der Waals surface area contributed by atoms with E-state index in [1.807, 2.05) is 0 Å². The summed E-state index contributed by atoms with van der Waals surface area (Å²) in [6, 6.07) is 0. The topological polar surface area (TPSA) is 63.3 Å². The molecule has 178 valence electrons. The van der Waals surface area contributed by atoms with Gasteiger partial charge in [0.05, 0.1) is 5.76 Å². The molecule has 5 rings (SSSR count). The number of aliphatic hydroxyl groups excluding tert-OH is 1. The molecule has 9 atom stereocenters. The molecule has 0 spiro atoms. The van der Waals surface area contributed by atoms with Crippen molar-refractivity contribution in [3.63, 3.8) is 0 Å². The first-order valence-electron chi connectivity index (χ1n) is 13.2. The molecular weight excluding hydrogens is 394 g/mol. The summed E-state index contributed by atoms with van der Waals surface area (Å²) >= 11 is 0. The van der Waals surface area contributed by atoms with Crippen LogP contribution in [-0.4, -0.2) is 16.9 Å². The van der Waals surface area contributed by atoms with E-state index in [4.69, 9.17) is 5.73 Å². The number of rotatable bonds is 2. The first kappa shape index (κ1) is 22.7. The minimum absolute atomic E-state index is 0.0787. The number of fused-ring (bicyclic) bond motifs is 7. The van der Waals surface area contributed by atoms with Crippen LogP contribution in [-0.2, 0) is 4.79 Å². The minimum Gasteiger partial charge on any atom is -0.512 e. The molecule has 3 nitrogen and oxygen atoms in total. The number of carbonyl (C=O) groups is 1. The van der Waals surface area contributed by atoms with Crippen LogP contribution in [0.3, 0.4) is 0 Å². The average Bonchev–Trinajstić information content (AvgIpc) is 3.12. The molecule has 0 heterocycles. The Balaban J connectivity index is 1.57. The standard InChI is InChI=1S/C29H45NO2/c1-18(2)19-9-14-28(17-31)15-16-29(30)20(24(19)28)7-8-22-26(5)12-11-23(32)25(3,4)21(26)10-13-27(22,29)6/h11,17,19-22,24,32H,1,7-10,12-16,30H2,2-6H3/t19?,20-,21+,22-,24-,26+,27-,28-,29+/m1/s1. The van der Waals surface area contributed by atoms with E-state index in [-0.39, 0.29) is 27.2 Å². The maximum Gasteiger partial charge on any atom is 0.126 e. The van der Waals surface area contributed by atoms with Gasteiger partial charge >= 0.3 is 0 Å². The highest BCUT2D eigenvalue weighted by atomic mass is 16.3. The third kappa shape index (κ3) is 2.50. The van der Waals surface area contributed by atoms with Gasteiger partial charge in [0.1, 0.15) is 6.29 Å². The molecule has 1 unspecified atom stereocenters. The SMILES string of the molecule is C=C(C)C1CC[C@]2(C=O)CC[C@]3(N)[C@H](CC[C@@H]4[C@@]5(C)CC=C(O)C(C)(C)[C@@H]5CC[C@]43C)[C@@H]12. The van der Waals surface area contributed by atoms with E-state index in [9.17, 15) is 9.90 Å². The van der Waals surface area contributed by atoms with E-state index < -0.39 is 0 Å². The Morgan fingerprint density at radius 1 is 1.06 bits per heavy atom. The Bertz CT molecular complexity index is 874. The number of carbonyl (C=O) groups excluding carboxylic acids is 1. The molecule has 4 fully saturated rings. The predicted molar refractivity (Wildman–Crippen MR) is 130 cm³/mol. The van der Waals surface area contributed by atoms with Gasteiger partial charge in [-0.1, -0.05) is 39.8 Å². The second-order valence-electron chi connectivity index (χ2n) is 13.7. The first-order valence-corrected chi connectivity index (χ1v) is 13.2. The fourth-order valence-electron chi connectivity index (χ4n) is 10.7. The van der Waals surface area contributed by atoms with Crippen LogP contribution >= 0.6 is 0 Å². The van der Waals surface area contributed by atoms with Gasteiger partial charge in [-0.15, -0.1) is 0 Å². The summed E-state index contributed by atoms with van der Waals surface area (Å²) in [5.41, 5.74) is 8.59. The quantitative estimate of drug-likeness (QED) is 0.377. The smallest absolute Gasteiger partial charge is 0.126 e. The summed E-state index contributed by atoms with van der Waals surface area (Å²) < 4.78 is 0. The van der Waals surface area contributed by atoms with Crippen molar-refractivity contribution in [2.75, 3.05) is 0 Å². The van der Waals surface area contributed by atoms with Gasteiger partial charge in [-0.25, -0.2) is 0 Å². The van der Waals surface area contributed by atoms with Crippen LogP contribution < -0.4 is 5.73 Å². The normalized spacial score (nSPS) is 53.8. The summed E-state index contributed by atoms with van der Waals surface area (Å²) in [7, 11) is 0. The van der Waals surface area contributed by atoms with Gasteiger partial charge in [0.25, 0.3) is 0 Å². The molecular formula is C29H45NO2. The van der Waals surface area contributed by atoms with Gasteiger partial charge in [0, 0.05) is 16.4 Å². The molecule has 0 aromatic rings. The van der Waals surface area contributed by atoms with Crippen LogP contribution in [0.5, 0.6) is 0 Å². The van der Waals surface area contributed by atoms with E-state index in [1.165, 1.54) is 18.3 Å². The third-order valence-electron chi connectivity index (χ3n) is 12.4. The van der Waals surface area contributed by atoms with Gasteiger partial charge in [0.15, 0.2) is 0 Å². The highest BCUT2D eigenvalue weighted by Gasteiger charge is 2.71. The average molecular weight is 440 g/mol. The Labute approximate surface area is 195 Å². The lowest BCUT2D eigenvalue weighted by molar-refractivity contribution is -0.196. The second-order valence-corrected chi connectivity index (χ2v) is 13.7. The fourth-order valence-corrected chi connectivity index (χ4v) is 10.7. The molecule has 32 heavy (non-hydrogen) atoms. The molecule has 5 aliphatic rings. The fraction of sp³-hybridized carbons (Fsp3) is 0.828. The number of allylic oxidation sites excluding steroid dienone is 3. The maximum atomic E-state index is 12.5. The van der Waals surface area contributed by atoms with Crippen molar-refractivity contribution in [2.45, 2.75) is 97.9 Å². The predicted octanol–water partition coefficient (Wildman–Crippen LogP) is 6.59. The minimum atomic E-state index is -0.216. The van der Waals surface area contributed by atoms with Gasteiger partial charge in [-0.05, 0) is 111 Å². The number of aliphatic hydroxyl groups is 1. The van der Waals surface area contributed by atoms with Crippen LogP contribution in [0.15, 0.2) is 24.0 Å². The van der Waals surface area contributed by atoms with Crippen LogP contribution in [0.4, 0.5) is 0 Å². The van der Waals surface area contributed by atoms with Gasteiger partial charge in [-0.3, -0.25) is 0 Å². The van der Waals surface area contributed by atoms with Crippen molar-refractivity contribution < 1.29 is 9.90 Å². The molecule has 0 bridgehead atoms. The zero-order valence-electron chi connectivity index (χ0n) is 21.0. The molecule has 0 aromatic carbocycles. The number of aldehydes is 1. The van der Waals surface area contributed by atoms with E-state index in [1.54, 1.807) is 0 Å². The van der Waals surface area contributed by atoms with Crippen molar-refractivity contribution in [3.05, 3.63) is 24.0 Å². The summed E-state index contributed by atoms with van der Waals surface area (Å²) in [5.74, 6) is 2.86. The van der Waals surface area contributed by atoms with Crippen LogP contribution in [0, 0.1) is 51.2 Å². The molecule has 5 aliphatic carbocycles. The summed E-state index contributed by atoms with van der Waals surface area (Å²) in [4.78, 5) is 12.5. The number of hydrogen-bond acceptors (Lipinski definition) is 3. The monoisotopic (exact) mass is 439 g/mol. The van der Waals surface area contributed by atoms with Crippen LogP contribution in [0.1, 0.15) is 92.4 Å². The van der Waals surface area contributed by atoms with E-state index >= 15 is 0 Å². The highest BCUT2D eigenvalue weighted by molar-refractivity contribution is 5.62. The Morgan fingerprint density at radius 2 is 1.78 bits per heavy atom. The van der Waals surface area contributed by atoms with Gasteiger partial charge in [-0.2, -0.15) is 0 Å². The summed E-state index contributed by atoms with van der Waals surface area (Å²) in [6.07, 6.45) is 13.1. The van der Waals surface area contributed by atoms with Crippen molar-refractivity contribution in [2.24, 2.45) is 57.0 Å². The van der Waals surface area contributed by atoms with Crippen LogP contribution in [0.2, 0.25) is 0 Å².